The number of fused-ring (bicyclic) bond motifs is 1. The molecular weight excluding hydrogens is 368 g/mol. The number of amides is 2. The van der Waals surface area contributed by atoms with E-state index in [9.17, 15) is 14.9 Å². The van der Waals surface area contributed by atoms with Gasteiger partial charge in [0, 0.05) is 30.6 Å². The van der Waals surface area contributed by atoms with Crippen LogP contribution in [0.5, 0.6) is 0 Å². The molecule has 3 N–H and O–H groups in total. The lowest BCUT2D eigenvalue weighted by Crippen LogP contribution is -2.50. The predicted octanol–water partition coefficient (Wildman–Crippen LogP) is 2.25. The van der Waals surface area contributed by atoms with Crippen molar-refractivity contribution in [1.82, 2.24) is 15.2 Å². The number of nitrogens with zero attached hydrogens (tertiary/aromatic N) is 2. The molecule has 1 unspecified atom stereocenters. The highest BCUT2D eigenvalue weighted by molar-refractivity contribution is 5.99. The van der Waals surface area contributed by atoms with Gasteiger partial charge in [0.05, 0.1) is 12.0 Å². The fourth-order valence-electron chi connectivity index (χ4n) is 4.11. The van der Waals surface area contributed by atoms with Crippen molar-refractivity contribution in [2.45, 2.75) is 50.6 Å². The summed E-state index contributed by atoms with van der Waals surface area (Å²) in [5, 5.41) is 25.0. The number of hydrogen-bond acceptors (Lipinski definition) is 4. The van der Waals surface area contributed by atoms with Crippen LogP contribution in [0.25, 0.3) is 10.9 Å². The highest BCUT2D eigenvalue weighted by Gasteiger charge is 2.33. The molecular formula is C22H28N4O3. The van der Waals surface area contributed by atoms with E-state index in [1.807, 2.05) is 41.9 Å². The zero-order valence-electron chi connectivity index (χ0n) is 16.7. The van der Waals surface area contributed by atoms with E-state index in [0.29, 0.717) is 25.0 Å². The van der Waals surface area contributed by atoms with Crippen molar-refractivity contribution >= 4 is 22.7 Å². The maximum atomic E-state index is 12.9. The summed E-state index contributed by atoms with van der Waals surface area (Å²) in [5.41, 5.74) is 1.55. The highest BCUT2D eigenvalue weighted by Crippen LogP contribution is 2.26. The molecule has 3 rings (SSSR count). The number of aryl methyl sites for hydroxylation is 1. The highest BCUT2D eigenvalue weighted by atomic mass is 16.3. The summed E-state index contributed by atoms with van der Waals surface area (Å²) >= 11 is 0. The van der Waals surface area contributed by atoms with Crippen LogP contribution in [0, 0.1) is 17.2 Å². The third-order valence-electron chi connectivity index (χ3n) is 5.73. The van der Waals surface area contributed by atoms with Crippen molar-refractivity contribution < 1.29 is 14.7 Å². The van der Waals surface area contributed by atoms with Crippen LogP contribution in [-0.4, -0.2) is 40.2 Å². The lowest BCUT2D eigenvalue weighted by molar-refractivity contribution is -0.127. The van der Waals surface area contributed by atoms with E-state index in [0.717, 1.165) is 30.2 Å². The molecule has 1 saturated carbocycles. The molecule has 7 heteroatoms. The number of aliphatic hydroxyl groups excluding tert-OH is 1. The summed E-state index contributed by atoms with van der Waals surface area (Å²) in [6.45, 7) is -0.0127. The lowest BCUT2D eigenvalue weighted by atomic mass is 9.83. The Hall–Kier alpha value is -2.85. The largest absolute Gasteiger partial charge is 0.396 e. The minimum atomic E-state index is -0.619. The smallest absolute Gasteiger partial charge is 0.268 e. The van der Waals surface area contributed by atoms with E-state index in [-0.39, 0.29) is 30.4 Å². The first-order chi connectivity index (χ1) is 14.0. The first kappa shape index (κ1) is 20.9. The topological polar surface area (TPSA) is 107 Å². The molecule has 0 bridgehead atoms. The maximum absolute atomic E-state index is 12.9. The van der Waals surface area contributed by atoms with Crippen molar-refractivity contribution in [2.75, 3.05) is 6.61 Å². The molecule has 29 heavy (non-hydrogen) atoms. The summed E-state index contributed by atoms with van der Waals surface area (Å²) in [4.78, 5) is 25.7. The number of para-hydroxylation sites is 1. The van der Waals surface area contributed by atoms with Gasteiger partial charge < -0.3 is 20.3 Å². The summed E-state index contributed by atoms with van der Waals surface area (Å²) in [7, 11) is 1.86. The van der Waals surface area contributed by atoms with Gasteiger partial charge in [-0.2, -0.15) is 5.26 Å². The average molecular weight is 396 g/mol. The molecule has 0 radical (unpaired) electrons. The normalized spacial score (nSPS) is 20.0. The monoisotopic (exact) mass is 396 g/mol. The molecule has 2 aromatic rings. The number of benzene rings is 1. The number of carbonyl (C=O) groups excluding carboxylic acids is 2. The van der Waals surface area contributed by atoms with Crippen LogP contribution < -0.4 is 10.6 Å². The second-order valence-corrected chi connectivity index (χ2v) is 7.67. The van der Waals surface area contributed by atoms with Gasteiger partial charge in [-0.25, -0.2) is 0 Å². The Bertz CT molecular complexity index is 914. The molecule has 1 heterocycles. The number of hydrogen-bond donors (Lipinski definition) is 3. The second-order valence-electron chi connectivity index (χ2n) is 7.67. The van der Waals surface area contributed by atoms with E-state index < -0.39 is 6.04 Å². The van der Waals surface area contributed by atoms with E-state index >= 15 is 0 Å². The van der Waals surface area contributed by atoms with Crippen LogP contribution in [0.15, 0.2) is 30.3 Å². The number of nitriles is 1. The van der Waals surface area contributed by atoms with Crippen LogP contribution in [0.4, 0.5) is 0 Å². The average Bonchev–Trinajstić information content (AvgIpc) is 3.08. The Morgan fingerprint density at radius 2 is 2.07 bits per heavy atom. The molecule has 1 aliphatic carbocycles. The molecule has 3 atom stereocenters. The van der Waals surface area contributed by atoms with E-state index in [2.05, 4.69) is 16.7 Å². The molecule has 0 aliphatic heterocycles. The molecule has 2 amide bonds. The summed E-state index contributed by atoms with van der Waals surface area (Å²) in [6, 6.07) is 10.9. The van der Waals surface area contributed by atoms with Gasteiger partial charge in [0.2, 0.25) is 5.91 Å². The van der Waals surface area contributed by atoms with Gasteiger partial charge in [-0.15, -0.1) is 0 Å². The number of rotatable bonds is 7. The minimum absolute atomic E-state index is 0.0127. The third kappa shape index (κ3) is 4.77. The summed E-state index contributed by atoms with van der Waals surface area (Å²) in [5.74, 6) is -0.741. The Kier molecular flexibility index (Phi) is 6.89. The van der Waals surface area contributed by atoms with Gasteiger partial charge in [-0.3, -0.25) is 9.59 Å². The standard InChI is InChI=1S/C22H28N4O3/c1-26-19-11-5-2-7-15(19)13-20(26)22(29)25-18-10-4-3-9-17(18)21(28)24-16(14-23)8-6-12-27/h2,5,7,11,13,16-18,27H,3-4,6,8-10,12H2,1H3,(H,24,28)(H,25,29)/t16?,17-,18+/m1/s1. The fourth-order valence-corrected chi connectivity index (χ4v) is 4.11. The van der Waals surface area contributed by atoms with Gasteiger partial charge in [0.15, 0.2) is 0 Å². The van der Waals surface area contributed by atoms with Crippen LogP contribution >= 0.6 is 0 Å². The third-order valence-corrected chi connectivity index (χ3v) is 5.73. The Morgan fingerprint density at radius 1 is 1.31 bits per heavy atom. The predicted molar refractivity (Wildman–Crippen MR) is 110 cm³/mol. The SMILES string of the molecule is Cn1c(C(=O)N[C@H]2CCCC[C@H]2C(=O)NC(C#N)CCCO)cc2ccccc21. The number of nitrogens with one attached hydrogen (secondary N) is 2. The zero-order chi connectivity index (χ0) is 20.8. The molecule has 7 nitrogen and oxygen atoms in total. The quantitative estimate of drug-likeness (QED) is 0.667. The fraction of sp³-hybridized carbons (Fsp3) is 0.500. The molecule has 1 aromatic carbocycles. The van der Waals surface area contributed by atoms with Gasteiger partial charge >= 0.3 is 0 Å². The van der Waals surface area contributed by atoms with Gasteiger partial charge in [0.1, 0.15) is 11.7 Å². The van der Waals surface area contributed by atoms with Gasteiger partial charge in [0.25, 0.3) is 5.91 Å². The lowest BCUT2D eigenvalue weighted by Gasteiger charge is -2.31. The molecule has 1 aromatic heterocycles. The number of carbonyl (C=O) groups is 2. The second kappa shape index (κ2) is 9.57. The van der Waals surface area contributed by atoms with E-state index in [4.69, 9.17) is 5.11 Å². The summed E-state index contributed by atoms with van der Waals surface area (Å²) < 4.78 is 1.86. The van der Waals surface area contributed by atoms with Gasteiger partial charge in [-0.1, -0.05) is 31.0 Å². The Morgan fingerprint density at radius 3 is 2.79 bits per heavy atom. The van der Waals surface area contributed by atoms with Crippen molar-refractivity contribution in [3.05, 3.63) is 36.0 Å². The van der Waals surface area contributed by atoms with Crippen LogP contribution in [0.1, 0.15) is 49.0 Å². The first-order valence-corrected chi connectivity index (χ1v) is 10.2. The van der Waals surface area contributed by atoms with Gasteiger partial charge in [-0.05, 0) is 37.8 Å². The maximum Gasteiger partial charge on any atom is 0.268 e. The van der Waals surface area contributed by atoms with Crippen LogP contribution in [0.3, 0.4) is 0 Å². The van der Waals surface area contributed by atoms with Crippen molar-refractivity contribution in [1.29, 1.82) is 5.26 Å². The van der Waals surface area contributed by atoms with Crippen LogP contribution in [-0.2, 0) is 11.8 Å². The molecule has 1 aliphatic rings. The van der Waals surface area contributed by atoms with Crippen LogP contribution in [0.2, 0.25) is 0 Å². The van der Waals surface area contributed by atoms with Crippen molar-refractivity contribution in [2.24, 2.45) is 13.0 Å². The molecule has 1 fully saturated rings. The van der Waals surface area contributed by atoms with E-state index in [1.54, 1.807) is 0 Å². The minimum Gasteiger partial charge on any atom is -0.396 e. The van der Waals surface area contributed by atoms with Crippen molar-refractivity contribution in [3.63, 3.8) is 0 Å². The number of aromatic nitrogens is 1. The van der Waals surface area contributed by atoms with E-state index in [1.165, 1.54) is 0 Å². The Labute approximate surface area is 170 Å². The summed E-state index contributed by atoms with van der Waals surface area (Å²) in [6.07, 6.45) is 4.18. The van der Waals surface area contributed by atoms with Crippen molar-refractivity contribution in [3.8, 4) is 6.07 Å². The molecule has 0 saturated heterocycles. The first-order valence-electron chi connectivity index (χ1n) is 10.2. The molecule has 154 valence electrons. The Balaban J connectivity index is 1.70. The number of aliphatic hydroxyl groups is 1. The zero-order valence-corrected chi connectivity index (χ0v) is 16.7. The molecule has 0 spiro atoms.